The Morgan fingerprint density at radius 1 is 1.19 bits per heavy atom. The van der Waals surface area contributed by atoms with Crippen LogP contribution in [0.3, 0.4) is 0 Å². The largest absolute Gasteiger partial charge is 0.490 e. The maximum absolute atomic E-state index is 13.8. The molecule has 2 aromatic rings. The lowest BCUT2D eigenvalue weighted by atomic mass is 10.2. The summed E-state index contributed by atoms with van der Waals surface area (Å²) in [4.78, 5) is 0. The Morgan fingerprint density at radius 3 is 2.67 bits per heavy atom. The summed E-state index contributed by atoms with van der Waals surface area (Å²) < 4.78 is 19.1. The molecule has 112 valence electrons. The third-order valence-electron chi connectivity index (χ3n) is 2.76. The number of ether oxygens (including phenoxy) is 1. The predicted molar refractivity (Wildman–Crippen MR) is 86.3 cm³/mol. The van der Waals surface area contributed by atoms with E-state index in [0.29, 0.717) is 28.0 Å². The number of halogens is 3. The first-order valence-corrected chi connectivity index (χ1v) is 7.20. The van der Waals surface area contributed by atoms with Gasteiger partial charge in [0.2, 0.25) is 0 Å². The van der Waals surface area contributed by atoms with E-state index in [1.165, 1.54) is 12.1 Å². The number of rotatable bonds is 5. The number of nitrogen functional groups attached to an aromatic ring is 1. The second-order valence-corrected chi connectivity index (χ2v) is 5.31. The van der Waals surface area contributed by atoms with Gasteiger partial charge in [0, 0.05) is 17.2 Å². The van der Waals surface area contributed by atoms with Gasteiger partial charge in [0.05, 0.1) is 28.7 Å². The zero-order chi connectivity index (χ0) is 15.4. The summed E-state index contributed by atoms with van der Waals surface area (Å²) in [5.74, 6) is -0.351. The van der Waals surface area contributed by atoms with Crippen LogP contribution in [0.15, 0.2) is 30.3 Å². The number of nitrogens with two attached hydrogens (primary N) is 1. The molecule has 0 fully saturated rings. The Hall–Kier alpha value is -1.65. The molecule has 0 unspecified atom stereocenters. The lowest BCUT2D eigenvalue weighted by Crippen LogP contribution is -2.02. The van der Waals surface area contributed by atoms with Gasteiger partial charge in [-0.3, -0.25) is 0 Å². The number of hydrogen-bond donors (Lipinski definition) is 2. The molecule has 0 aliphatic heterocycles. The first-order valence-electron chi connectivity index (χ1n) is 6.45. The van der Waals surface area contributed by atoms with E-state index >= 15 is 0 Å². The van der Waals surface area contributed by atoms with Gasteiger partial charge < -0.3 is 15.8 Å². The minimum atomic E-state index is -0.497. The van der Waals surface area contributed by atoms with E-state index in [-0.39, 0.29) is 11.4 Å². The van der Waals surface area contributed by atoms with Crippen LogP contribution in [0.1, 0.15) is 13.3 Å². The van der Waals surface area contributed by atoms with Crippen molar-refractivity contribution in [2.24, 2.45) is 0 Å². The highest BCUT2D eigenvalue weighted by Crippen LogP contribution is 2.34. The lowest BCUT2D eigenvalue weighted by Gasteiger charge is -2.14. The van der Waals surface area contributed by atoms with Crippen LogP contribution in [0.25, 0.3) is 0 Å². The Bertz CT molecular complexity index is 650. The monoisotopic (exact) mass is 328 g/mol. The summed E-state index contributed by atoms with van der Waals surface area (Å²) in [6.45, 7) is 2.37. The fourth-order valence-electron chi connectivity index (χ4n) is 1.74. The number of anilines is 3. The molecule has 0 spiro atoms. The van der Waals surface area contributed by atoms with Gasteiger partial charge in [-0.05, 0) is 24.6 Å². The van der Waals surface area contributed by atoms with Crippen molar-refractivity contribution in [1.82, 2.24) is 0 Å². The summed E-state index contributed by atoms with van der Waals surface area (Å²) in [5, 5.41) is 4.06. The normalized spacial score (nSPS) is 10.5. The summed E-state index contributed by atoms with van der Waals surface area (Å²) in [6, 6.07) is 7.74. The lowest BCUT2D eigenvalue weighted by molar-refractivity contribution is 0.301. The Labute approximate surface area is 132 Å². The maximum atomic E-state index is 13.8. The molecule has 0 aliphatic carbocycles. The molecule has 3 N–H and O–H groups in total. The van der Waals surface area contributed by atoms with Crippen LogP contribution in [0.5, 0.6) is 5.75 Å². The standard InChI is InChI=1S/C15H15Cl2FN2O/c1-2-5-21-15-8-14(12(19)7-11(15)18)20-13-6-9(16)3-4-10(13)17/h3-4,6-8,20H,2,5,19H2,1H3. The fraction of sp³-hybridized carbons (Fsp3) is 0.200. The van der Waals surface area contributed by atoms with E-state index < -0.39 is 5.82 Å². The molecule has 0 amide bonds. The van der Waals surface area contributed by atoms with Crippen LogP contribution < -0.4 is 15.8 Å². The second-order valence-electron chi connectivity index (χ2n) is 4.47. The number of hydrogen-bond acceptors (Lipinski definition) is 3. The van der Waals surface area contributed by atoms with Gasteiger partial charge in [-0.1, -0.05) is 30.1 Å². The molecular weight excluding hydrogens is 314 g/mol. The molecule has 0 bridgehead atoms. The van der Waals surface area contributed by atoms with Gasteiger partial charge in [0.25, 0.3) is 0 Å². The molecule has 6 heteroatoms. The number of nitrogens with one attached hydrogen (secondary N) is 1. The molecule has 21 heavy (non-hydrogen) atoms. The van der Waals surface area contributed by atoms with Crippen LogP contribution in [0.4, 0.5) is 21.5 Å². The summed E-state index contributed by atoms with van der Waals surface area (Å²) >= 11 is 12.0. The van der Waals surface area contributed by atoms with Crippen LogP contribution in [0, 0.1) is 5.82 Å². The van der Waals surface area contributed by atoms with Gasteiger partial charge in [0.15, 0.2) is 11.6 Å². The average molecular weight is 329 g/mol. The fourth-order valence-corrected chi connectivity index (χ4v) is 2.07. The van der Waals surface area contributed by atoms with Gasteiger partial charge in [-0.2, -0.15) is 0 Å². The van der Waals surface area contributed by atoms with Crippen LogP contribution in [0.2, 0.25) is 10.0 Å². The predicted octanol–water partition coefficient (Wildman–Crippen LogP) is 5.25. The van der Waals surface area contributed by atoms with E-state index in [1.54, 1.807) is 18.2 Å². The van der Waals surface area contributed by atoms with Gasteiger partial charge in [-0.25, -0.2) is 4.39 Å². The van der Waals surface area contributed by atoms with Gasteiger partial charge >= 0.3 is 0 Å². The Morgan fingerprint density at radius 2 is 1.95 bits per heavy atom. The van der Waals surface area contributed by atoms with E-state index in [9.17, 15) is 4.39 Å². The Kier molecular flexibility index (Phi) is 5.15. The van der Waals surface area contributed by atoms with Crippen molar-refractivity contribution in [3.05, 3.63) is 46.2 Å². The van der Waals surface area contributed by atoms with E-state index in [2.05, 4.69) is 5.32 Å². The third-order valence-corrected chi connectivity index (χ3v) is 3.33. The molecule has 0 aromatic heterocycles. The van der Waals surface area contributed by atoms with E-state index in [0.717, 1.165) is 6.42 Å². The topological polar surface area (TPSA) is 47.3 Å². The average Bonchev–Trinajstić information content (AvgIpc) is 2.44. The van der Waals surface area contributed by atoms with Crippen LogP contribution in [-0.2, 0) is 0 Å². The summed E-state index contributed by atoms with van der Waals surface area (Å²) in [6.07, 6.45) is 0.784. The highest BCUT2D eigenvalue weighted by Gasteiger charge is 2.11. The number of benzene rings is 2. The molecule has 2 aromatic carbocycles. The van der Waals surface area contributed by atoms with Crippen molar-refractivity contribution in [2.75, 3.05) is 17.7 Å². The zero-order valence-corrected chi connectivity index (χ0v) is 12.9. The molecule has 3 nitrogen and oxygen atoms in total. The van der Waals surface area contributed by atoms with Crippen molar-refractivity contribution < 1.29 is 9.13 Å². The maximum Gasteiger partial charge on any atom is 0.167 e. The van der Waals surface area contributed by atoms with Crippen LogP contribution in [-0.4, -0.2) is 6.61 Å². The van der Waals surface area contributed by atoms with Crippen molar-refractivity contribution in [3.63, 3.8) is 0 Å². The minimum absolute atomic E-state index is 0.145. The SMILES string of the molecule is CCCOc1cc(Nc2cc(Cl)ccc2Cl)c(N)cc1F. The molecular formula is C15H15Cl2FN2O. The first-order chi connectivity index (χ1) is 10.0. The molecule has 0 saturated carbocycles. The van der Waals surface area contributed by atoms with Gasteiger partial charge in [0.1, 0.15) is 0 Å². The Balaban J connectivity index is 2.32. The smallest absolute Gasteiger partial charge is 0.167 e. The zero-order valence-electron chi connectivity index (χ0n) is 11.4. The molecule has 0 radical (unpaired) electrons. The van der Waals surface area contributed by atoms with Gasteiger partial charge in [-0.15, -0.1) is 0 Å². The van der Waals surface area contributed by atoms with Crippen LogP contribution >= 0.6 is 23.2 Å². The first kappa shape index (κ1) is 15.7. The minimum Gasteiger partial charge on any atom is -0.490 e. The molecule has 2 rings (SSSR count). The summed E-state index contributed by atoms with van der Waals surface area (Å²) in [5.41, 5.74) is 7.17. The van der Waals surface area contributed by atoms with E-state index in [1.807, 2.05) is 6.92 Å². The molecule has 0 atom stereocenters. The van der Waals surface area contributed by atoms with Crippen molar-refractivity contribution in [1.29, 1.82) is 0 Å². The third kappa shape index (κ3) is 3.93. The quantitative estimate of drug-likeness (QED) is 0.737. The summed E-state index contributed by atoms with van der Waals surface area (Å²) in [7, 11) is 0. The molecule has 0 heterocycles. The van der Waals surface area contributed by atoms with Crippen molar-refractivity contribution >= 4 is 40.3 Å². The highest BCUT2D eigenvalue weighted by atomic mass is 35.5. The van der Waals surface area contributed by atoms with Crippen molar-refractivity contribution in [2.45, 2.75) is 13.3 Å². The molecule has 0 aliphatic rings. The highest BCUT2D eigenvalue weighted by molar-refractivity contribution is 6.35. The van der Waals surface area contributed by atoms with E-state index in [4.69, 9.17) is 33.7 Å². The van der Waals surface area contributed by atoms with Crippen molar-refractivity contribution in [3.8, 4) is 5.75 Å². The molecule has 0 saturated heterocycles. The second kappa shape index (κ2) is 6.87.